The molecule has 0 saturated heterocycles. The Morgan fingerprint density at radius 2 is 2.24 bits per heavy atom. The van der Waals surface area contributed by atoms with E-state index in [0.29, 0.717) is 10.3 Å². The molecule has 114 valence electrons. The zero-order valence-corrected chi connectivity index (χ0v) is 14.9. The maximum atomic E-state index is 12.0. The largest absolute Gasteiger partial charge is 0.350 e. The van der Waals surface area contributed by atoms with Gasteiger partial charge in [0.05, 0.1) is 5.71 Å². The first-order valence-corrected chi connectivity index (χ1v) is 9.12. The van der Waals surface area contributed by atoms with Crippen LogP contribution in [0.15, 0.2) is 28.3 Å². The second kappa shape index (κ2) is 6.63. The number of nitrogens with zero attached hydrogens (tertiary/aromatic N) is 1. The van der Waals surface area contributed by atoms with Gasteiger partial charge in [-0.1, -0.05) is 23.7 Å². The van der Waals surface area contributed by atoms with E-state index in [1.54, 1.807) is 11.8 Å². The molecule has 1 atom stereocenters. The van der Waals surface area contributed by atoms with E-state index in [1.807, 2.05) is 38.3 Å². The molecule has 0 radical (unpaired) electrons. The van der Waals surface area contributed by atoms with Gasteiger partial charge in [-0.25, -0.2) is 4.79 Å². The topological polar surface area (TPSA) is 38.7 Å². The molecule has 0 bridgehead atoms. The third-order valence-corrected chi connectivity index (χ3v) is 5.90. The average molecular weight is 344 g/mol. The van der Waals surface area contributed by atoms with Gasteiger partial charge in [0.2, 0.25) is 0 Å². The molecule has 2 rings (SSSR count). The molecule has 3 nitrogen and oxygen atoms in total. The van der Waals surface area contributed by atoms with Gasteiger partial charge in [0.1, 0.15) is 4.75 Å². The maximum absolute atomic E-state index is 12.0. The van der Waals surface area contributed by atoms with Crippen molar-refractivity contribution in [1.82, 2.24) is 0 Å². The van der Waals surface area contributed by atoms with Gasteiger partial charge in [-0.3, -0.25) is 0 Å². The smallest absolute Gasteiger partial charge is 0.316 e. The van der Waals surface area contributed by atoms with Crippen molar-refractivity contribution in [2.24, 2.45) is 5.16 Å². The fourth-order valence-electron chi connectivity index (χ4n) is 1.85. The Morgan fingerprint density at radius 3 is 2.90 bits per heavy atom. The number of benzene rings is 1. The SMILES string of the molecule is CSC(C)(C)C(=O)O/N=C1\CC(C)Sc2ccc(Cl)cc21. The Labute approximate surface area is 138 Å². The van der Waals surface area contributed by atoms with Crippen molar-refractivity contribution >= 4 is 46.8 Å². The van der Waals surface area contributed by atoms with Gasteiger partial charge >= 0.3 is 5.97 Å². The number of hydrogen-bond acceptors (Lipinski definition) is 5. The summed E-state index contributed by atoms with van der Waals surface area (Å²) in [6.45, 7) is 5.78. The Hall–Kier alpha value is -0.650. The summed E-state index contributed by atoms with van der Waals surface area (Å²) in [5.41, 5.74) is 1.74. The van der Waals surface area contributed by atoms with E-state index in [9.17, 15) is 4.79 Å². The van der Waals surface area contributed by atoms with Crippen LogP contribution in [0.2, 0.25) is 5.02 Å². The summed E-state index contributed by atoms with van der Waals surface area (Å²) in [6, 6.07) is 5.73. The standard InChI is InChI=1S/C15H18ClNO2S2/c1-9-7-12(17-19-14(18)15(2,3)20-4)11-8-10(16)5-6-13(11)21-9/h5-6,8-9H,7H2,1-4H3/b17-12+. The molecular formula is C15H18ClNO2S2. The van der Waals surface area contributed by atoms with Crippen molar-refractivity contribution in [2.75, 3.05) is 6.26 Å². The van der Waals surface area contributed by atoms with Crippen LogP contribution in [-0.2, 0) is 9.63 Å². The first-order valence-electron chi connectivity index (χ1n) is 6.63. The first-order chi connectivity index (χ1) is 9.83. The molecule has 0 aromatic heterocycles. The lowest BCUT2D eigenvalue weighted by Crippen LogP contribution is -2.29. The lowest BCUT2D eigenvalue weighted by molar-refractivity contribution is -0.145. The highest BCUT2D eigenvalue weighted by atomic mass is 35.5. The lowest BCUT2D eigenvalue weighted by Gasteiger charge is -2.23. The van der Waals surface area contributed by atoms with Crippen LogP contribution >= 0.6 is 35.1 Å². The number of halogens is 1. The second-order valence-corrected chi connectivity index (χ2v) is 8.75. The molecule has 1 aliphatic heterocycles. The normalized spacial score (nSPS) is 20.2. The number of hydrogen-bond donors (Lipinski definition) is 0. The Morgan fingerprint density at radius 1 is 1.52 bits per heavy atom. The van der Waals surface area contributed by atoms with Crippen molar-refractivity contribution in [1.29, 1.82) is 0 Å². The lowest BCUT2D eigenvalue weighted by atomic mass is 10.1. The van der Waals surface area contributed by atoms with Crippen molar-refractivity contribution in [3.05, 3.63) is 28.8 Å². The highest BCUT2D eigenvalue weighted by Gasteiger charge is 2.29. The Bertz CT molecular complexity index is 587. The number of thioether (sulfide) groups is 2. The number of fused-ring (bicyclic) bond motifs is 1. The van der Waals surface area contributed by atoms with Crippen molar-refractivity contribution in [2.45, 2.75) is 42.1 Å². The van der Waals surface area contributed by atoms with Crippen LogP contribution in [0.4, 0.5) is 0 Å². The molecule has 1 unspecified atom stereocenters. The van der Waals surface area contributed by atoms with Gasteiger partial charge in [-0.15, -0.1) is 23.5 Å². The molecule has 21 heavy (non-hydrogen) atoms. The fourth-order valence-corrected chi connectivity index (χ4v) is 3.35. The molecule has 1 heterocycles. The molecule has 1 aromatic carbocycles. The van der Waals surface area contributed by atoms with Crippen molar-refractivity contribution < 1.29 is 9.63 Å². The number of rotatable bonds is 3. The number of oxime groups is 1. The zero-order valence-electron chi connectivity index (χ0n) is 12.5. The third kappa shape index (κ3) is 3.96. The highest BCUT2D eigenvalue weighted by molar-refractivity contribution is 8.00. The van der Waals surface area contributed by atoms with Crippen LogP contribution in [0, 0.1) is 0 Å². The summed E-state index contributed by atoms with van der Waals surface area (Å²) in [6.07, 6.45) is 2.63. The highest BCUT2D eigenvalue weighted by Crippen LogP contribution is 2.36. The predicted molar refractivity (Wildman–Crippen MR) is 91.6 cm³/mol. The van der Waals surface area contributed by atoms with Crippen molar-refractivity contribution in [3.8, 4) is 0 Å². The van der Waals surface area contributed by atoms with Gasteiger partial charge < -0.3 is 4.84 Å². The van der Waals surface area contributed by atoms with Gasteiger partial charge in [-0.05, 0) is 38.3 Å². The van der Waals surface area contributed by atoms with Crippen molar-refractivity contribution in [3.63, 3.8) is 0 Å². The van der Waals surface area contributed by atoms with E-state index in [0.717, 1.165) is 22.6 Å². The van der Waals surface area contributed by atoms with Gasteiger partial charge in [0, 0.05) is 27.2 Å². The average Bonchev–Trinajstić information content (AvgIpc) is 2.44. The molecule has 0 saturated carbocycles. The number of carbonyl (C=O) groups excluding carboxylic acids is 1. The van der Waals surface area contributed by atoms with Crippen LogP contribution in [0.5, 0.6) is 0 Å². The molecule has 0 spiro atoms. The minimum Gasteiger partial charge on any atom is -0.316 e. The van der Waals surface area contributed by atoms with Crippen LogP contribution in [0.25, 0.3) is 0 Å². The fraction of sp³-hybridized carbons (Fsp3) is 0.467. The Balaban J connectivity index is 2.26. The zero-order chi connectivity index (χ0) is 15.6. The summed E-state index contributed by atoms with van der Waals surface area (Å²) >= 11 is 9.29. The first kappa shape index (κ1) is 16.7. The maximum Gasteiger partial charge on any atom is 0.350 e. The van der Waals surface area contributed by atoms with Gasteiger partial charge in [0.25, 0.3) is 0 Å². The molecule has 1 aliphatic rings. The molecule has 0 amide bonds. The van der Waals surface area contributed by atoms with E-state index in [4.69, 9.17) is 16.4 Å². The summed E-state index contributed by atoms with van der Waals surface area (Å²) in [5.74, 6) is -0.336. The summed E-state index contributed by atoms with van der Waals surface area (Å²) in [7, 11) is 0. The quantitative estimate of drug-likeness (QED) is 0.593. The minimum atomic E-state index is -0.601. The molecular weight excluding hydrogens is 326 g/mol. The molecule has 0 fully saturated rings. The molecule has 0 N–H and O–H groups in total. The van der Waals surface area contributed by atoms with Crippen LogP contribution in [0.3, 0.4) is 0 Å². The summed E-state index contributed by atoms with van der Waals surface area (Å²) < 4.78 is -0.601. The van der Waals surface area contributed by atoms with E-state index in [1.165, 1.54) is 11.8 Å². The molecule has 1 aromatic rings. The van der Waals surface area contributed by atoms with E-state index in [-0.39, 0.29) is 5.97 Å². The summed E-state index contributed by atoms with van der Waals surface area (Å²) in [5, 5.41) is 5.16. The third-order valence-electron chi connectivity index (χ3n) is 3.30. The molecule has 6 heteroatoms. The van der Waals surface area contributed by atoms with Crippen LogP contribution < -0.4 is 0 Å². The van der Waals surface area contributed by atoms with Crippen LogP contribution in [0.1, 0.15) is 32.8 Å². The summed E-state index contributed by atoms with van der Waals surface area (Å²) in [4.78, 5) is 18.3. The Kier molecular flexibility index (Phi) is 5.28. The second-order valence-electron chi connectivity index (χ2n) is 5.40. The van der Waals surface area contributed by atoms with Crippen LogP contribution in [-0.4, -0.2) is 27.9 Å². The van der Waals surface area contributed by atoms with E-state index in [2.05, 4.69) is 12.1 Å². The minimum absolute atomic E-state index is 0.336. The molecule has 0 aliphatic carbocycles. The predicted octanol–water partition coefficient (Wildman–Crippen LogP) is 4.61. The van der Waals surface area contributed by atoms with Gasteiger partial charge in [0.15, 0.2) is 0 Å². The monoisotopic (exact) mass is 343 g/mol. The van der Waals surface area contributed by atoms with E-state index >= 15 is 0 Å². The number of carbonyl (C=O) groups is 1. The van der Waals surface area contributed by atoms with E-state index < -0.39 is 4.75 Å². The van der Waals surface area contributed by atoms with Gasteiger partial charge in [-0.2, -0.15) is 0 Å².